The van der Waals surface area contributed by atoms with Crippen LogP contribution < -0.4 is 5.32 Å². The molecule has 1 fully saturated rings. The fraction of sp³-hybridized carbons (Fsp3) is 0.333. The molecule has 2 aromatic carbocycles. The monoisotopic (exact) mass is 434 g/mol. The van der Waals surface area contributed by atoms with Crippen LogP contribution in [0, 0.1) is 0 Å². The second kappa shape index (κ2) is 8.82. The first-order valence-corrected chi connectivity index (χ1v) is 10.9. The van der Waals surface area contributed by atoms with E-state index in [2.05, 4.69) is 5.32 Å². The Morgan fingerprint density at radius 3 is 1.97 bits per heavy atom. The van der Waals surface area contributed by atoms with Crippen molar-refractivity contribution in [3.8, 4) is 0 Å². The van der Waals surface area contributed by atoms with E-state index < -0.39 is 30.3 Å². The van der Waals surface area contributed by atoms with Gasteiger partial charge in [-0.05, 0) is 42.5 Å². The Morgan fingerprint density at radius 2 is 1.41 bits per heavy atom. The molecule has 0 atom stereocenters. The average molecular weight is 434 g/mol. The molecule has 8 heteroatoms. The molecule has 1 N–H and O–H groups in total. The van der Waals surface area contributed by atoms with Gasteiger partial charge < -0.3 is 5.32 Å². The summed E-state index contributed by atoms with van der Waals surface area (Å²) in [7, 11) is 0. The quantitative estimate of drug-likeness (QED) is 0.733. The zero-order valence-electron chi connectivity index (χ0n) is 18.3. The number of carbonyl (C=O) groups is 4. The van der Waals surface area contributed by atoms with Crippen molar-refractivity contribution < 1.29 is 19.2 Å². The molecule has 32 heavy (non-hydrogen) atoms. The molecule has 2 heterocycles. The standard InChI is InChI=1S/C24H26N4O4/c1-3-16-9-7-10-17(4-2)21(16)25-24(32)28-14-8-13-27(28)20(29)15-26-22(30)18-11-5-6-12-19(18)23(26)31/h5-7,9-12H,3-4,8,13-15H2,1-2H3,(H,25,32). The normalized spacial score (nSPS) is 15.4. The van der Waals surface area contributed by atoms with Gasteiger partial charge in [0, 0.05) is 18.8 Å². The first kappa shape index (κ1) is 21.5. The summed E-state index contributed by atoms with van der Waals surface area (Å²) in [5.41, 5.74) is 3.43. The smallest absolute Gasteiger partial charge is 0.306 e. The van der Waals surface area contributed by atoms with E-state index in [9.17, 15) is 19.2 Å². The Kier molecular flexibility index (Phi) is 5.94. The molecule has 0 unspecified atom stereocenters. The largest absolute Gasteiger partial charge is 0.340 e. The van der Waals surface area contributed by atoms with E-state index in [4.69, 9.17) is 0 Å². The van der Waals surface area contributed by atoms with Crippen LogP contribution in [0.25, 0.3) is 0 Å². The molecular formula is C24H26N4O4. The van der Waals surface area contributed by atoms with Crippen molar-refractivity contribution in [3.63, 3.8) is 0 Å². The van der Waals surface area contributed by atoms with Crippen LogP contribution in [-0.4, -0.2) is 58.3 Å². The molecule has 166 valence electrons. The molecule has 0 aromatic heterocycles. The third kappa shape index (κ3) is 3.72. The highest BCUT2D eigenvalue weighted by atomic mass is 16.2. The van der Waals surface area contributed by atoms with E-state index in [1.54, 1.807) is 24.3 Å². The van der Waals surface area contributed by atoms with Gasteiger partial charge in [-0.25, -0.2) is 14.8 Å². The van der Waals surface area contributed by atoms with Crippen molar-refractivity contribution in [2.45, 2.75) is 33.1 Å². The molecule has 0 bridgehead atoms. The summed E-state index contributed by atoms with van der Waals surface area (Å²) < 4.78 is 0. The van der Waals surface area contributed by atoms with E-state index in [1.165, 1.54) is 10.0 Å². The van der Waals surface area contributed by atoms with Crippen LogP contribution in [0.1, 0.15) is 52.1 Å². The summed E-state index contributed by atoms with van der Waals surface area (Å²) in [4.78, 5) is 52.2. The number of hydrogen-bond donors (Lipinski definition) is 1. The lowest BCUT2D eigenvalue weighted by atomic mass is 10.0. The van der Waals surface area contributed by atoms with Gasteiger partial charge in [-0.15, -0.1) is 0 Å². The molecule has 1 saturated heterocycles. The molecule has 2 aliphatic heterocycles. The Bertz CT molecular complexity index is 1040. The van der Waals surface area contributed by atoms with Crippen molar-refractivity contribution in [2.75, 3.05) is 25.0 Å². The first-order valence-electron chi connectivity index (χ1n) is 10.9. The fourth-order valence-corrected chi connectivity index (χ4v) is 4.26. The maximum absolute atomic E-state index is 13.1. The number of hydrogen-bond acceptors (Lipinski definition) is 4. The van der Waals surface area contributed by atoms with Gasteiger partial charge in [-0.1, -0.05) is 44.2 Å². The van der Waals surface area contributed by atoms with Gasteiger partial charge in [0.2, 0.25) is 0 Å². The minimum atomic E-state index is -0.487. The van der Waals surface area contributed by atoms with Crippen LogP contribution in [0.3, 0.4) is 0 Å². The second-order valence-corrected chi connectivity index (χ2v) is 7.82. The summed E-state index contributed by atoms with van der Waals surface area (Å²) in [6.07, 6.45) is 2.16. The fourth-order valence-electron chi connectivity index (χ4n) is 4.26. The van der Waals surface area contributed by atoms with Crippen LogP contribution in [-0.2, 0) is 17.6 Å². The lowest BCUT2D eigenvalue weighted by Crippen LogP contribution is -2.50. The molecule has 2 aromatic rings. The van der Waals surface area contributed by atoms with E-state index >= 15 is 0 Å². The van der Waals surface area contributed by atoms with Crippen molar-refractivity contribution in [3.05, 3.63) is 64.7 Å². The number of rotatable bonds is 5. The van der Waals surface area contributed by atoms with E-state index in [1.807, 2.05) is 32.0 Å². The summed E-state index contributed by atoms with van der Waals surface area (Å²) in [5.74, 6) is -1.44. The highest BCUT2D eigenvalue weighted by Gasteiger charge is 2.39. The molecule has 0 spiro atoms. The topological polar surface area (TPSA) is 90.0 Å². The van der Waals surface area contributed by atoms with E-state index in [0.29, 0.717) is 30.6 Å². The average Bonchev–Trinajstić information content (AvgIpc) is 3.39. The number of imide groups is 1. The third-order valence-electron chi connectivity index (χ3n) is 5.96. The number of amides is 5. The predicted molar refractivity (Wildman–Crippen MR) is 119 cm³/mol. The van der Waals surface area contributed by atoms with E-state index in [-0.39, 0.29) is 0 Å². The number of urea groups is 1. The zero-order valence-corrected chi connectivity index (χ0v) is 18.3. The van der Waals surface area contributed by atoms with Crippen molar-refractivity contribution in [1.29, 1.82) is 0 Å². The Balaban J connectivity index is 1.49. The number of anilines is 1. The van der Waals surface area contributed by atoms with E-state index in [0.717, 1.165) is 34.6 Å². The first-order chi connectivity index (χ1) is 15.5. The molecule has 0 saturated carbocycles. The van der Waals surface area contributed by atoms with Gasteiger partial charge in [0.15, 0.2) is 0 Å². The van der Waals surface area contributed by atoms with Gasteiger partial charge in [0.25, 0.3) is 17.7 Å². The highest BCUT2D eigenvalue weighted by Crippen LogP contribution is 2.25. The SMILES string of the molecule is CCc1cccc(CC)c1NC(=O)N1CCCN1C(=O)CN1C(=O)c2ccccc2C1=O. The van der Waals surface area contributed by atoms with Gasteiger partial charge >= 0.3 is 6.03 Å². The van der Waals surface area contributed by atoms with Gasteiger partial charge in [-0.3, -0.25) is 19.3 Å². The van der Waals surface area contributed by atoms with Gasteiger partial charge in [-0.2, -0.15) is 0 Å². The summed E-state index contributed by atoms with van der Waals surface area (Å²) in [6, 6.07) is 12.0. The number of para-hydroxylation sites is 1. The van der Waals surface area contributed by atoms with Crippen LogP contribution >= 0.6 is 0 Å². The maximum Gasteiger partial charge on any atom is 0.340 e. The summed E-state index contributed by atoms with van der Waals surface area (Å²) in [5, 5.41) is 5.68. The number of aryl methyl sites for hydroxylation is 2. The van der Waals surface area contributed by atoms with Crippen LogP contribution in [0.2, 0.25) is 0 Å². The lowest BCUT2D eigenvalue weighted by Gasteiger charge is -2.29. The maximum atomic E-state index is 13.1. The molecule has 2 aliphatic rings. The van der Waals surface area contributed by atoms with Gasteiger partial charge in [0.1, 0.15) is 6.54 Å². The highest BCUT2D eigenvalue weighted by molar-refractivity contribution is 6.22. The number of fused-ring (bicyclic) bond motifs is 1. The number of hydrazine groups is 1. The second-order valence-electron chi connectivity index (χ2n) is 7.82. The van der Waals surface area contributed by atoms with Crippen LogP contribution in [0.5, 0.6) is 0 Å². The number of nitrogens with one attached hydrogen (secondary N) is 1. The van der Waals surface area contributed by atoms with Gasteiger partial charge in [0.05, 0.1) is 11.1 Å². The Labute approximate surface area is 186 Å². The summed E-state index contributed by atoms with van der Waals surface area (Å²) in [6.45, 7) is 4.39. The lowest BCUT2D eigenvalue weighted by molar-refractivity contribution is -0.140. The summed E-state index contributed by atoms with van der Waals surface area (Å²) >= 11 is 0. The molecule has 4 rings (SSSR count). The Morgan fingerprint density at radius 1 is 0.844 bits per heavy atom. The molecule has 5 amide bonds. The Hall–Kier alpha value is -3.68. The van der Waals surface area contributed by atoms with Crippen LogP contribution in [0.4, 0.5) is 10.5 Å². The number of benzene rings is 2. The van der Waals surface area contributed by atoms with Crippen molar-refractivity contribution in [1.82, 2.24) is 14.9 Å². The zero-order chi connectivity index (χ0) is 22.8. The molecule has 0 radical (unpaired) electrons. The molecule has 0 aliphatic carbocycles. The third-order valence-corrected chi connectivity index (χ3v) is 5.96. The van der Waals surface area contributed by atoms with Crippen molar-refractivity contribution in [2.24, 2.45) is 0 Å². The number of nitrogens with zero attached hydrogens (tertiary/aromatic N) is 3. The predicted octanol–water partition coefficient (Wildman–Crippen LogP) is 3.09. The minimum Gasteiger partial charge on any atom is -0.306 e. The number of carbonyl (C=O) groups excluding carboxylic acids is 4. The molecule has 8 nitrogen and oxygen atoms in total. The van der Waals surface area contributed by atoms with Crippen molar-refractivity contribution >= 4 is 29.4 Å². The molecular weight excluding hydrogens is 408 g/mol. The minimum absolute atomic E-state index is 0.296. The van der Waals surface area contributed by atoms with Crippen LogP contribution in [0.15, 0.2) is 42.5 Å².